The summed E-state index contributed by atoms with van der Waals surface area (Å²) in [7, 11) is 9.34. The molecular formula is C67H100N26O10. The van der Waals surface area contributed by atoms with Crippen LogP contribution in [0.2, 0.25) is 0 Å². The molecule has 3 saturated carbocycles. The molecule has 0 spiro atoms. The summed E-state index contributed by atoms with van der Waals surface area (Å²) < 4.78 is 29.1. The summed E-state index contributed by atoms with van der Waals surface area (Å²) in [6.45, 7) is 8.47. The number of nitrogens with zero attached hydrogens (tertiary/aromatic N) is 20. The molecule has 12 aliphatic heterocycles. The van der Waals surface area contributed by atoms with E-state index in [1.807, 2.05) is 84.2 Å². The van der Waals surface area contributed by atoms with E-state index in [0.717, 1.165) is 181 Å². The van der Waals surface area contributed by atoms with Crippen molar-refractivity contribution in [2.24, 2.45) is 29.0 Å². The molecule has 5 aromatic rings. The molecular weight excluding hydrogens is 1330 g/mol. The second-order valence-electron chi connectivity index (χ2n) is 31.5. The Morgan fingerprint density at radius 2 is 0.670 bits per heavy atom. The van der Waals surface area contributed by atoms with Crippen molar-refractivity contribution >= 4 is 30.2 Å². The molecule has 12 saturated heterocycles. The first kappa shape index (κ1) is 69.2. The number of likely N-dealkylation sites (N-methyl/N-ethyl adjacent to an activating group) is 5. The van der Waals surface area contributed by atoms with Gasteiger partial charge in [-0.25, -0.2) is 24.0 Å². The molecule has 36 nitrogen and oxygen atoms in total. The normalized spacial score (nSPS) is 33.3. The van der Waals surface area contributed by atoms with Crippen LogP contribution in [0, 0.1) is 11.8 Å². The van der Waals surface area contributed by atoms with Gasteiger partial charge in [-0.1, -0.05) is 0 Å². The molecule has 36 heteroatoms. The number of urea groups is 5. The monoisotopic (exact) mass is 1430 g/mol. The molecule has 10 amide bonds. The smallest absolute Gasteiger partial charge is 0.320 e. The number of hydrogen-bond acceptors (Lipinski definition) is 26. The molecule has 558 valence electrons. The quantitative estimate of drug-likeness (QED) is 0.0930. The van der Waals surface area contributed by atoms with Crippen LogP contribution in [0.1, 0.15) is 210 Å². The molecule has 0 unspecified atom stereocenters. The number of aromatic nitrogens is 10. The molecule has 12 atom stereocenters. The Labute approximate surface area is 596 Å². The van der Waals surface area contributed by atoms with Gasteiger partial charge in [0.05, 0.1) is 36.8 Å². The molecule has 0 aromatic carbocycles. The van der Waals surface area contributed by atoms with Gasteiger partial charge in [0.15, 0.2) is 0 Å². The first-order valence-electron chi connectivity index (χ1n) is 37.5. The van der Waals surface area contributed by atoms with E-state index in [0.29, 0.717) is 125 Å². The van der Waals surface area contributed by atoms with Gasteiger partial charge >= 0.3 is 30.2 Å². The molecule has 15 aliphatic rings. The number of fused-ring (bicyclic) bond motifs is 10. The van der Waals surface area contributed by atoms with Crippen LogP contribution in [0.4, 0.5) is 24.0 Å². The van der Waals surface area contributed by atoms with Crippen molar-refractivity contribution < 1.29 is 46.1 Å². The molecule has 0 radical (unpaired) electrons. The minimum Gasteiger partial charge on any atom is -0.423 e. The van der Waals surface area contributed by atoms with Crippen molar-refractivity contribution in [3.8, 4) is 0 Å². The van der Waals surface area contributed by atoms with Gasteiger partial charge in [0.1, 0.15) is 30.2 Å². The molecule has 9 N–H and O–H groups in total. The fourth-order valence-electron chi connectivity index (χ4n) is 17.7. The average molecular weight is 1430 g/mol. The Kier molecular flexibility index (Phi) is 19.3. The highest BCUT2D eigenvalue weighted by molar-refractivity contribution is 5.80. The van der Waals surface area contributed by atoms with Crippen LogP contribution in [-0.2, 0) is 19.4 Å². The second kappa shape index (κ2) is 28.7. The van der Waals surface area contributed by atoms with Gasteiger partial charge < -0.3 is 104 Å². The molecule has 103 heavy (non-hydrogen) atoms. The summed E-state index contributed by atoms with van der Waals surface area (Å²) >= 11 is 0. The van der Waals surface area contributed by atoms with Gasteiger partial charge in [-0.05, 0) is 134 Å². The minimum atomic E-state index is -0.0645. The Bertz CT molecular complexity index is 3840. The highest BCUT2D eigenvalue weighted by Crippen LogP contribution is 2.44. The third-order valence-electron chi connectivity index (χ3n) is 24.8. The molecule has 20 rings (SSSR count). The predicted octanol–water partition coefficient (Wildman–Crippen LogP) is 3.11. The maximum absolute atomic E-state index is 12.2. The topological polar surface area (TPSA) is 426 Å². The summed E-state index contributed by atoms with van der Waals surface area (Å²) in [5.41, 5.74) is 17.5. The Hall–Kier alpha value is -8.19. The molecule has 17 heterocycles. The van der Waals surface area contributed by atoms with Crippen LogP contribution in [0.25, 0.3) is 0 Å². The van der Waals surface area contributed by atoms with E-state index in [9.17, 15) is 24.0 Å². The van der Waals surface area contributed by atoms with Crippen LogP contribution < -0.4 is 33.2 Å². The zero-order chi connectivity index (χ0) is 71.1. The number of rotatable bonds is 14. The number of carbonyl (C=O) groups excluding carboxylic acids is 5. The summed E-state index contributed by atoms with van der Waals surface area (Å²) in [6, 6.07) is 3.14. The van der Waals surface area contributed by atoms with Gasteiger partial charge in [0.2, 0.25) is 58.9 Å². The lowest BCUT2D eigenvalue weighted by molar-refractivity contribution is 0.163. The highest BCUT2D eigenvalue weighted by atomic mass is 16.4. The van der Waals surface area contributed by atoms with Crippen LogP contribution in [0.15, 0.2) is 22.1 Å². The first-order chi connectivity index (χ1) is 49.8. The van der Waals surface area contributed by atoms with Gasteiger partial charge in [-0.3, -0.25) is 0 Å². The Morgan fingerprint density at radius 3 is 1.01 bits per heavy atom. The third-order valence-corrected chi connectivity index (χ3v) is 24.8. The summed E-state index contributed by atoms with van der Waals surface area (Å²) in [5.74, 6) is 8.08. The third kappa shape index (κ3) is 13.7. The first-order valence-corrected chi connectivity index (χ1v) is 37.5. The average Bonchev–Trinajstić information content (AvgIpc) is 1.65. The van der Waals surface area contributed by atoms with E-state index in [4.69, 9.17) is 39.3 Å². The van der Waals surface area contributed by atoms with Crippen LogP contribution in [-0.4, -0.2) is 279 Å². The van der Waals surface area contributed by atoms with Gasteiger partial charge in [0, 0.05) is 130 Å². The van der Waals surface area contributed by atoms with E-state index in [1.54, 1.807) is 0 Å². The number of piperidine rings is 5. The van der Waals surface area contributed by atoms with Crippen LogP contribution in [0.5, 0.6) is 0 Å². The summed E-state index contributed by atoms with van der Waals surface area (Å²) in [4.78, 5) is 79.4. The fraction of sp³-hybridized carbons (Fsp3) is 0.776. The standard InChI is InChI=1S/2C14H21N5O2.C13H20N6O2.2C13H19N5O2/c1-18-10-2-3-11(19(7-10)14(18)20)13-17-16-12(21-13)6-8-4-9(15)5-8;1-18-10-4-5-11(19(7-10)14(18)20)13-17-16-12(21-13)8-2-3-9(15)6-8;1-18-9-2-3-10(19(7-9)13(18)20)12-17-16-11(21-12)6-15-8-4-14-5-8;1-17-9-2-3-10(18(7-9)13(17)19)12-16-15-11(20-12)4-8-5-14-6-8;1-17-9-2-3-10(18(6-9)13(17)19)12-16-15-11(20-12)7-4-8(14)5-7/h2*8-11H,2-7,15H2,1H3;8-10,14-15H,2-7H2,1H3;8-10,14H,2-7H2,1H3;7-10H,2-6,14H2,1H3/t8?,9?,10-,11+;8-,9+,10+,11-;2*9-,10+;7?,8?,9-,10+/m10111/s1. The number of hydrogen-bond donors (Lipinski definition) is 6. The Morgan fingerprint density at radius 1 is 0.350 bits per heavy atom. The van der Waals surface area contributed by atoms with E-state index in [-0.39, 0.29) is 78.4 Å². The van der Waals surface area contributed by atoms with Gasteiger partial charge in [-0.15, -0.1) is 51.0 Å². The lowest BCUT2D eigenvalue weighted by Crippen LogP contribution is -2.55. The van der Waals surface area contributed by atoms with Crippen molar-refractivity contribution in [2.45, 2.75) is 225 Å². The van der Waals surface area contributed by atoms with Crippen LogP contribution >= 0.6 is 0 Å². The van der Waals surface area contributed by atoms with Gasteiger partial charge in [0.25, 0.3) is 0 Å². The van der Waals surface area contributed by atoms with E-state index >= 15 is 0 Å². The zero-order valence-corrected chi connectivity index (χ0v) is 59.7. The number of nitrogens with one attached hydrogen (secondary N) is 3. The SMILES string of the molecule is CN1C(=O)N2C[C@H]1CC[C@H]2c1nnc(C2CC(N)C2)o1.CN1C(=O)N2C[C@H]1CC[C@H]2c1nnc(CC2CC(N)C2)o1.CN1C(=O)N2C[C@H]1CC[C@H]2c1nnc(CC2CNC2)o1.CN1C(=O)N2C[C@H]1CC[C@H]2c1nnc(CNC2CNC2)o1.CN1C(=O)N2C[C@H]1CC[C@H]2c1nnc([C@H]2CC[C@@H](N)C2)o1. The van der Waals surface area contributed by atoms with Gasteiger partial charge in [-0.2, -0.15) is 0 Å². The molecule has 15 fully saturated rings. The van der Waals surface area contributed by atoms with Crippen molar-refractivity contribution in [1.29, 1.82) is 0 Å². The zero-order valence-electron chi connectivity index (χ0n) is 59.7. The minimum absolute atomic E-state index is 0.0375. The maximum atomic E-state index is 12.2. The van der Waals surface area contributed by atoms with Crippen molar-refractivity contribution in [3.05, 3.63) is 58.9 Å². The Balaban J connectivity index is 0.0000000994. The van der Waals surface area contributed by atoms with E-state index in [1.165, 1.54) is 0 Å². The van der Waals surface area contributed by atoms with Crippen LogP contribution in [0.3, 0.4) is 0 Å². The molecule has 3 aliphatic carbocycles. The van der Waals surface area contributed by atoms with Crippen molar-refractivity contribution in [1.82, 2.24) is 116 Å². The largest absolute Gasteiger partial charge is 0.423 e. The van der Waals surface area contributed by atoms with E-state index in [2.05, 4.69) is 66.9 Å². The van der Waals surface area contributed by atoms with E-state index < -0.39 is 0 Å². The molecule has 10 bridgehead atoms. The maximum Gasteiger partial charge on any atom is 0.320 e. The number of nitrogens with two attached hydrogens (primary N) is 3. The van der Waals surface area contributed by atoms with Crippen molar-refractivity contribution in [2.75, 3.05) is 94.1 Å². The number of carbonyl (C=O) groups is 5. The summed E-state index contributed by atoms with van der Waals surface area (Å²) in [6.07, 6.45) is 18.0. The lowest BCUT2D eigenvalue weighted by Gasteiger charge is -2.31. The molecule has 5 aromatic heterocycles. The van der Waals surface area contributed by atoms with Crippen molar-refractivity contribution in [3.63, 3.8) is 0 Å². The number of amides is 10. The highest BCUT2D eigenvalue weighted by Gasteiger charge is 2.51. The predicted molar refractivity (Wildman–Crippen MR) is 362 cm³/mol. The summed E-state index contributed by atoms with van der Waals surface area (Å²) in [5, 5.41) is 51.5. The lowest BCUT2D eigenvalue weighted by atomic mass is 9.79. The fourth-order valence-corrected chi connectivity index (χ4v) is 17.7. The second-order valence-corrected chi connectivity index (χ2v) is 31.5.